The van der Waals surface area contributed by atoms with E-state index in [1.807, 2.05) is 31.4 Å². The summed E-state index contributed by atoms with van der Waals surface area (Å²) >= 11 is 0. The van der Waals surface area contributed by atoms with Crippen molar-refractivity contribution in [1.82, 2.24) is 19.7 Å². The van der Waals surface area contributed by atoms with Gasteiger partial charge in [-0.05, 0) is 30.7 Å². The van der Waals surface area contributed by atoms with Crippen LogP contribution in [0.4, 0.5) is 0 Å². The molecule has 6 nitrogen and oxygen atoms in total. The van der Waals surface area contributed by atoms with Crippen LogP contribution in [0.2, 0.25) is 0 Å². The average Bonchev–Trinajstić information content (AvgIpc) is 3.15. The zero-order valence-corrected chi connectivity index (χ0v) is 15.0. The molecular formula is C19H26N4O2. The van der Waals surface area contributed by atoms with Gasteiger partial charge in [0, 0.05) is 51.7 Å². The van der Waals surface area contributed by atoms with E-state index >= 15 is 0 Å². The van der Waals surface area contributed by atoms with Crippen molar-refractivity contribution in [2.24, 2.45) is 0 Å². The van der Waals surface area contributed by atoms with Gasteiger partial charge in [-0.1, -0.05) is 6.07 Å². The van der Waals surface area contributed by atoms with E-state index in [1.54, 1.807) is 17.4 Å². The molecular weight excluding hydrogens is 316 g/mol. The number of amides is 1. The van der Waals surface area contributed by atoms with Gasteiger partial charge in [-0.3, -0.25) is 19.6 Å². The third-order valence-corrected chi connectivity index (χ3v) is 4.88. The number of hydrogen-bond acceptors (Lipinski definition) is 5. The van der Waals surface area contributed by atoms with Gasteiger partial charge in [-0.2, -0.15) is 0 Å². The molecule has 0 aromatic carbocycles. The predicted molar refractivity (Wildman–Crippen MR) is 95.8 cm³/mol. The second-order valence-electron chi connectivity index (χ2n) is 6.60. The third kappa shape index (κ3) is 4.67. The standard InChI is InChI=1S/C19H26N4O2/c1-16(17-5-3-7-20-13-17)23-10-8-22(9-11-23)15-19(24)21(2)14-18-6-4-12-25-18/h3-7,12-13,16H,8-11,14-15H2,1-2H3/t16-/m0/s1. The lowest BCUT2D eigenvalue weighted by Crippen LogP contribution is -2.50. The summed E-state index contributed by atoms with van der Waals surface area (Å²) in [5, 5.41) is 0. The number of hydrogen-bond donors (Lipinski definition) is 0. The molecule has 2 aromatic heterocycles. The normalized spacial score (nSPS) is 17.4. The molecule has 0 N–H and O–H groups in total. The zero-order chi connectivity index (χ0) is 17.6. The maximum absolute atomic E-state index is 12.4. The van der Waals surface area contributed by atoms with Gasteiger partial charge in [0.1, 0.15) is 5.76 Å². The van der Waals surface area contributed by atoms with Gasteiger partial charge in [-0.25, -0.2) is 0 Å². The number of rotatable bonds is 6. The summed E-state index contributed by atoms with van der Waals surface area (Å²) < 4.78 is 5.31. The van der Waals surface area contributed by atoms with E-state index in [2.05, 4.69) is 27.8 Å². The molecule has 2 aromatic rings. The fourth-order valence-corrected chi connectivity index (χ4v) is 3.18. The first-order valence-electron chi connectivity index (χ1n) is 8.76. The lowest BCUT2D eigenvalue weighted by molar-refractivity contribution is -0.132. The van der Waals surface area contributed by atoms with E-state index in [0.717, 1.165) is 31.9 Å². The van der Waals surface area contributed by atoms with Crippen LogP contribution >= 0.6 is 0 Å². The number of piperazine rings is 1. The quantitative estimate of drug-likeness (QED) is 0.804. The Bertz CT molecular complexity index is 651. The maximum Gasteiger partial charge on any atom is 0.236 e. The monoisotopic (exact) mass is 342 g/mol. The molecule has 1 fully saturated rings. The SMILES string of the molecule is C[C@@H](c1cccnc1)N1CCN(CC(=O)N(C)Cc2ccco2)CC1. The van der Waals surface area contributed by atoms with Gasteiger partial charge in [0.25, 0.3) is 0 Å². The second kappa shape index (κ2) is 8.27. The molecule has 1 aliphatic rings. The number of pyridine rings is 1. The van der Waals surface area contributed by atoms with Gasteiger partial charge in [-0.15, -0.1) is 0 Å². The van der Waals surface area contributed by atoms with E-state index < -0.39 is 0 Å². The Morgan fingerprint density at radius 1 is 1.28 bits per heavy atom. The molecule has 6 heteroatoms. The summed E-state index contributed by atoms with van der Waals surface area (Å²) in [5.74, 6) is 0.941. The Morgan fingerprint density at radius 3 is 2.72 bits per heavy atom. The molecule has 0 saturated carbocycles. The van der Waals surface area contributed by atoms with E-state index in [9.17, 15) is 4.79 Å². The van der Waals surface area contributed by atoms with Gasteiger partial charge >= 0.3 is 0 Å². The maximum atomic E-state index is 12.4. The van der Waals surface area contributed by atoms with Crippen LogP contribution in [-0.4, -0.2) is 65.4 Å². The molecule has 25 heavy (non-hydrogen) atoms. The third-order valence-electron chi connectivity index (χ3n) is 4.88. The smallest absolute Gasteiger partial charge is 0.236 e. The molecule has 0 spiro atoms. The fraction of sp³-hybridized carbons (Fsp3) is 0.474. The van der Waals surface area contributed by atoms with Crippen LogP contribution in [-0.2, 0) is 11.3 Å². The predicted octanol–water partition coefficient (Wildman–Crippen LogP) is 2.01. The molecule has 3 heterocycles. The summed E-state index contributed by atoms with van der Waals surface area (Å²) in [6.07, 6.45) is 5.37. The highest BCUT2D eigenvalue weighted by molar-refractivity contribution is 5.77. The molecule has 0 radical (unpaired) electrons. The van der Waals surface area contributed by atoms with Gasteiger partial charge in [0.15, 0.2) is 0 Å². The van der Waals surface area contributed by atoms with Crippen molar-refractivity contribution in [3.8, 4) is 0 Å². The summed E-state index contributed by atoms with van der Waals surface area (Å²) in [7, 11) is 1.82. The van der Waals surface area contributed by atoms with Crippen molar-refractivity contribution in [3.05, 3.63) is 54.2 Å². The Labute approximate surface area is 149 Å². The minimum absolute atomic E-state index is 0.130. The molecule has 1 aliphatic heterocycles. The summed E-state index contributed by atoms with van der Waals surface area (Å²) in [6.45, 7) is 6.94. The number of carbonyl (C=O) groups excluding carboxylic acids is 1. The van der Waals surface area contributed by atoms with Gasteiger partial charge in [0.05, 0.1) is 19.4 Å². The van der Waals surface area contributed by atoms with Crippen LogP contribution < -0.4 is 0 Å². The van der Waals surface area contributed by atoms with Crippen molar-refractivity contribution in [2.45, 2.75) is 19.5 Å². The Balaban J connectivity index is 1.45. The summed E-state index contributed by atoms with van der Waals surface area (Å²) in [6, 6.07) is 8.19. The lowest BCUT2D eigenvalue weighted by Gasteiger charge is -2.38. The zero-order valence-electron chi connectivity index (χ0n) is 15.0. The van der Waals surface area contributed by atoms with E-state index in [0.29, 0.717) is 19.1 Å². The minimum atomic E-state index is 0.130. The summed E-state index contributed by atoms with van der Waals surface area (Å²) in [4.78, 5) is 23.0. The Kier molecular flexibility index (Phi) is 5.83. The molecule has 3 rings (SSSR count). The molecule has 1 amide bonds. The van der Waals surface area contributed by atoms with Crippen LogP contribution in [0, 0.1) is 0 Å². The molecule has 0 unspecified atom stereocenters. The van der Waals surface area contributed by atoms with E-state index in [-0.39, 0.29) is 5.91 Å². The van der Waals surface area contributed by atoms with Crippen molar-refractivity contribution in [3.63, 3.8) is 0 Å². The number of aromatic nitrogens is 1. The van der Waals surface area contributed by atoms with Crippen LogP contribution in [0.3, 0.4) is 0 Å². The molecule has 0 bridgehead atoms. The first-order valence-corrected chi connectivity index (χ1v) is 8.76. The Hall–Kier alpha value is -2.18. The molecule has 0 aliphatic carbocycles. The average molecular weight is 342 g/mol. The van der Waals surface area contributed by atoms with Crippen LogP contribution in [0.25, 0.3) is 0 Å². The minimum Gasteiger partial charge on any atom is -0.467 e. The molecule has 1 atom stereocenters. The lowest BCUT2D eigenvalue weighted by atomic mass is 10.1. The van der Waals surface area contributed by atoms with Crippen molar-refractivity contribution in [2.75, 3.05) is 39.8 Å². The van der Waals surface area contributed by atoms with Crippen LogP contribution in [0.15, 0.2) is 47.3 Å². The highest BCUT2D eigenvalue weighted by Crippen LogP contribution is 2.20. The van der Waals surface area contributed by atoms with Crippen molar-refractivity contribution in [1.29, 1.82) is 0 Å². The molecule has 1 saturated heterocycles. The van der Waals surface area contributed by atoms with E-state index in [1.165, 1.54) is 5.56 Å². The van der Waals surface area contributed by atoms with Crippen molar-refractivity contribution >= 4 is 5.91 Å². The number of carbonyl (C=O) groups is 1. The van der Waals surface area contributed by atoms with Crippen LogP contribution in [0.1, 0.15) is 24.3 Å². The number of furan rings is 1. The van der Waals surface area contributed by atoms with Gasteiger partial charge in [0.2, 0.25) is 5.91 Å². The highest BCUT2D eigenvalue weighted by Gasteiger charge is 2.24. The summed E-state index contributed by atoms with van der Waals surface area (Å²) in [5.41, 5.74) is 1.24. The number of nitrogens with zero attached hydrogens (tertiary/aromatic N) is 4. The Morgan fingerprint density at radius 2 is 2.08 bits per heavy atom. The topological polar surface area (TPSA) is 52.8 Å². The van der Waals surface area contributed by atoms with Gasteiger partial charge < -0.3 is 9.32 Å². The first-order chi connectivity index (χ1) is 12.1. The molecule has 134 valence electrons. The fourth-order valence-electron chi connectivity index (χ4n) is 3.18. The highest BCUT2D eigenvalue weighted by atomic mass is 16.3. The van der Waals surface area contributed by atoms with Crippen molar-refractivity contribution < 1.29 is 9.21 Å². The van der Waals surface area contributed by atoms with Crippen LogP contribution in [0.5, 0.6) is 0 Å². The largest absolute Gasteiger partial charge is 0.467 e. The first kappa shape index (κ1) is 17.6. The number of likely N-dealkylation sites (N-methyl/N-ethyl adjacent to an activating group) is 1. The van der Waals surface area contributed by atoms with E-state index in [4.69, 9.17) is 4.42 Å². The second-order valence-corrected chi connectivity index (χ2v) is 6.60.